The highest BCUT2D eigenvalue weighted by Crippen LogP contribution is 2.20. The van der Waals surface area contributed by atoms with E-state index in [1.54, 1.807) is 0 Å². The van der Waals surface area contributed by atoms with Gasteiger partial charge in [-0.1, -0.05) is 39.0 Å². The predicted molar refractivity (Wildman–Crippen MR) is 79.4 cm³/mol. The molecule has 1 unspecified atom stereocenters. The molecule has 1 atom stereocenters. The molecule has 0 spiro atoms. The summed E-state index contributed by atoms with van der Waals surface area (Å²) in [6.45, 7) is 11.4. The highest BCUT2D eigenvalue weighted by molar-refractivity contribution is 5.33. The van der Waals surface area contributed by atoms with Crippen molar-refractivity contribution in [1.82, 2.24) is 5.32 Å². The lowest BCUT2D eigenvalue weighted by molar-refractivity contribution is 0.0627. The van der Waals surface area contributed by atoms with Gasteiger partial charge < -0.3 is 15.2 Å². The van der Waals surface area contributed by atoms with Crippen LogP contribution in [0.15, 0.2) is 24.3 Å². The standard InChI is InChI=1S/C16H27NO2/c1-12(2)19-14-9-7-6-8-13(14)10-17-11-15(18)16(3,4)5/h6-9,12,15,17-18H,10-11H2,1-5H3. The Morgan fingerprint density at radius 1 is 1.21 bits per heavy atom. The van der Waals surface area contributed by atoms with Crippen LogP contribution in [0.5, 0.6) is 5.75 Å². The van der Waals surface area contributed by atoms with Crippen molar-refractivity contribution in [2.75, 3.05) is 6.54 Å². The van der Waals surface area contributed by atoms with Crippen LogP contribution < -0.4 is 10.1 Å². The van der Waals surface area contributed by atoms with Crippen molar-refractivity contribution in [3.8, 4) is 5.75 Å². The van der Waals surface area contributed by atoms with E-state index in [0.29, 0.717) is 13.1 Å². The van der Waals surface area contributed by atoms with E-state index in [0.717, 1.165) is 11.3 Å². The summed E-state index contributed by atoms with van der Waals surface area (Å²) in [6, 6.07) is 8.01. The Labute approximate surface area is 117 Å². The minimum Gasteiger partial charge on any atom is -0.491 e. The van der Waals surface area contributed by atoms with Crippen LogP contribution >= 0.6 is 0 Å². The maximum atomic E-state index is 9.98. The van der Waals surface area contributed by atoms with Crippen molar-refractivity contribution in [2.24, 2.45) is 5.41 Å². The smallest absolute Gasteiger partial charge is 0.124 e. The Morgan fingerprint density at radius 3 is 2.42 bits per heavy atom. The van der Waals surface area contributed by atoms with E-state index in [4.69, 9.17) is 4.74 Å². The number of aliphatic hydroxyl groups excluding tert-OH is 1. The zero-order valence-electron chi connectivity index (χ0n) is 12.7. The molecule has 0 saturated carbocycles. The van der Waals surface area contributed by atoms with Gasteiger partial charge in [-0.25, -0.2) is 0 Å². The van der Waals surface area contributed by atoms with E-state index in [1.165, 1.54) is 0 Å². The van der Waals surface area contributed by atoms with E-state index in [2.05, 4.69) is 5.32 Å². The molecule has 1 aromatic rings. The normalized spacial score (nSPS) is 13.6. The minimum absolute atomic E-state index is 0.0963. The maximum Gasteiger partial charge on any atom is 0.124 e. The third-order valence-electron chi connectivity index (χ3n) is 2.99. The largest absolute Gasteiger partial charge is 0.491 e. The fraction of sp³-hybridized carbons (Fsp3) is 0.625. The first-order chi connectivity index (χ1) is 8.80. The quantitative estimate of drug-likeness (QED) is 0.831. The van der Waals surface area contributed by atoms with Gasteiger partial charge in [-0.05, 0) is 25.3 Å². The van der Waals surface area contributed by atoms with Crippen LogP contribution in [0.1, 0.15) is 40.2 Å². The number of hydrogen-bond donors (Lipinski definition) is 2. The second kappa shape index (κ2) is 6.92. The zero-order chi connectivity index (χ0) is 14.5. The molecule has 108 valence electrons. The zero-order valence-corrected chi connectivity index (χ0v) is 12.7. The minimum atomic E-state index is -0.356. The molecule has 19 heavy (non-hydrogen) atoms. The molecule has 0 bridgehead atoms. The Kier molecular flexibility index (Phi) is 5.83. The van der Waals surface area contributed by atoms with Gasteiger partial charge in [0.15, 0.2) is 0 Å². The molecule has 0 saturated heterocycles. The van der Waals surface area contributed by atoms with E-state index >= 15 is 0 Å². The molecule has 1 rings (SSSR count). The van der Waals surface area contributed by atoms with Gasteiger partial charge in [0.2, 0.25) is 0 Å². The molecule has 0 aliphatic heterocycles. The summed E-state index contributed by atoms with van der Waals surface area (Å²) in [6.07, 6.45) is -0.188. The Bertz CT molecular complexity index is 383. The number of aliphatic hydroxyl groups is 1. The highest BCUT2D eigenvalue weighted by atomic mass is 16.5. The van der Waals surface area contributed by atoms with Crippen LogP contribution in [-0.4, -0.2) is 23.9 Å². The summed E-state index contributed by atoms with van der Waals surface area (Å²) >= 11 is 0. The molecule has 0 amide bonds. The Hall–Kier alpha value is -1.06. The number of nitrogens with one attached hydrogen (secondary N) is 1. The van der Waals surface area contributed by atoms with Gasteiger partial charge in [0.25, 0.3) is 0 Å². The molecule has 0 aliphatic carbocycles. The fourth-order valence-corrected chi connectivity index (χ4v) is 1.67. The van der Waals surface area contributed by atoms with Gasteiger partial charge in [0.05, 0.1) is 12.2 Å². The highest BCUT2D eigenvalue weighted by Gasteiger charge is 2.21. The van der Waals surface area contributed by atoms with Gasteiger partial charge in [-0.15, -0.1) is 0 Å². The van der Waals surface area contributed by atoms with Gasteiger partial charge >= 0.3 is 0 Å². The molecule has 3 heteroatoms. The van der Waals surface area contributed by atoms with Crippen LogP contribution in [0.3, 0.4) is 0 Å². The van der Waals surface area contributed by atoms with E-state index in [9.17, 15) is 5.11 Å². The van der Waals surface area contributed by atoms with Crippen LogP contribution in [0.4, 0.5) is 0 Å². The van der Waals surface area contributed by atoms with Crippen molar-refractivity contribution < 1.29 is 9.84 Å². The number of benzene rings is 1. The van der Waals surface area contributed by atoms with Gasteiger partial charge in [-0.3, -0.25) is 0 Å². The van der Waals surface area contributed by atoms with Crippen LogP contribution in [-0.2, 0) is 6.54 Å². The molecule has 0 heterocycles. The van der Waals surface area contributed by atoms with Crippen molar-refractivity contribution in [1.29, 1.82) is 0 Å². The van der Waals surface area contributed by atoms with Crippen molar-refractivity contribution in [2.45, 2.75) is 53.4 Å². The van der Waals surface area contributed by atoms with Crippen LogP contribution in [0.25, 0.3) is 0 Å². The topological polar surface area (TPSA) is 41.5 Å². The summed E-state index contributed by atoms with van der Waals surface area (Å²) in [5.41, 5.74) is 1.03. The first-order valence-electron chi connectivity index (χ1n) is 6.94. The van der Waals surface area contributed by atoms with Gasteiger partial charge in [-0.2, -0.15) is 0 Å². The number of rotatable bonds is 6. The summed E-state index contributed by atoms with van der Waals surface area (Å²) in [5.74, 6) is 0.912. The fourth-order valence-electron chi connectivity index (χ4n) is 1.67. The van der Waals surface area contributed by atoms with E-state index in [-0.39, 0.29) is 17.6 Å². The Balaban J connectivity index is 2.54. The van der Waals surface area contributed by atoms with E-state index in [1.807, 2.05) is 58.9 Å². The first kappa shape index (κ1) is 16.0. The third-order valence-corrected chi connectivity index (χ3v) is 2.99. The molecular formula is C16H27NO2. The lowest BCUT2D eigenvalue weighted by Crippen LogP contribution is -2.36. The second-order valence-electron chi connectivity index (χ2n) is 6.29. The molecule has 3 nitrogen and oxygen atoms in total. The lowest BCUT2D eigenvalue weighted by Gasteiger charge is -2.26. The third kappa shape index (κ3) is 5.62. The second-order valence-corrected chi connectivity index (χ2v) is 6.29. The van der Waals surface area contributed by atoms with Gasteiger partial charge in [0, 0.05) is 18.7 Å². The monoisotopic (exact) mass is 265 g/mol. The van der Waals surface area contributed by atoms with Gasteiger partial charge in [0.1, 0.15) is 5.75 Å². The first-order valence-corrected chi connectivity index (χ1v) is 6.94. The summed E-state index contributed by atoms with van der Waals surface area (Å²) in [4.78, 5) is 0. The summed E-state index contributed by atoms with van der Waals surface area (Å²) < 4.78 is 5.77. The lowest BCUT2D eigenvalue weighted by atomic mass is 9.89. The average Bonchev–Trinajstić information content (AvgIpc) is 2.29. The van der Waals surface area contributed by atoms with Crippen molar-refractivity contribution in [3.63, 3.8) is 0 Å². The van der Waals surface area contributed by atoms with E-state index < -0.39 is 0 Å². The Morgan fingerprint density at radius 2 is 1.84 bits per heavy atom. The molecule has 2 N–H and O–H groups in total. The number of para-hydroxylation sites is 1. The SMILES string of the molecule is CC(C)Oc1ccccc1CNCC(O)C(C)(C)C. The summed E-state index contributed by atoms with van der Waals surface area (Å²) in [7, 11) is 0. The number of ether oxygens (including phenoxy) is 1. The van der Waals surface area contributed by atoms with Crippen molar-refractivity contribution >= 4 is 0 Å². The van der Waals surface area contributed by atoms with Crippen LogP contribution in [0, 0.1) is 5.41 Å². The van der Waals surface area contributed by atoms with Crippen molar-refractivity contribution in [3.05, 3.63) is 29.8 Å². The molecule has 0 fully saturated rings. The predicted octanol–water partition coefficient (Wildman–Crippen LogP) is 2.97. The molecular weight excluding hydrogens is 238 g/mol. The summed E-state index contributed by atoms with van der Waals surface area (Å²) in [5, 5.41) is 13.3. The molecule has 0 aromatic heterocycles. The maximum absolute atomic E-state index is 9.98. The average molecular weight is 265 g/mol. The van der Waals surface area contributed by atoms with Crippen LogP contribution in [0.2, 0.25) is 0 Å². The number of hydrogen-bond acceptors (Lipinski definition) is 3. The molecule has 0 radical (unpaired) electrons. The molecule has 0 aliphatic rings. The molecule has 1 aromatic carbocycles.